The van der Waals surface area contributed by atoms with Crippen LogP contribution in [0, 0.1) is 0 Å². The summed E-state index contributed by atoms with van der Waals surface area (Å²) in [5.41, 5.74) is 1.47. The molecule has 0 aromatic heterocycles. The van der Waals surface area contributed by atoms with Crippen LogP contribution in [0.2, 0.25) is 15.1 Å². The van der Waals surface area contributed by atoms with Gasteiger partial charge in [0.2, 0.25) is 0 Å². The Balaban J connectivity index is 1.95. The maximum Gasteiger partial charge on any atom is 0.264 e. The molecule has 4 nitrogen and oxygen atoms in total. The maximum absolute atomic E-state index is 12.1. The quantitative estimate of drug-likeness (QED) is 0.693. The lowest BCUT2D eigenvalue weighted by molar-refractivity contribution is -0.122. The summed E-state index contributed by atoms with van der Waals surface area (Å²) in [7, 11) is 0. The minimum absolute atomic E-state index is 0.0161. The SMILES string of the molecule is CC(C)(C)c1ccc(C(=O)NC(=O)COc2cc(Cl)c(Cl)cc2Cl)cc1. The molecule has 0 aliphatic carbocycles. The summed E-state index contributed by atoms with van der Waals surface area (Å²) in [6, 6.07) is 9.92. The minimum atomic E-state index is -0.600. The van der Waals surface area contributed by atoms with Crippen molar-refractivity contribution in [1.82, 2.24) is 5.32 Å². The molecule has 0 aliphatic heterocycles. The molecule has 0 atom stereocenters. The standard InChI is InChI=1S/C19H18Cl3NO3/c1-19(2,3)12-6-4-11(5-7-12)18(25)23-17(24)10-26-16-9-14(21)13(20)8-15(16)22/h4-9H,10H2,1-3H3,(H,23,24,25). The highest BCUT2D eigenvalue weighted by Gasteiger charge is 2.16. The van der Waals surface area contributed by atoms with E-state index in [1.165, 1.54) is 12.1 Å². The first-order valence-corrected chi connectivity index (χ1v) is 8.93. The molecule has 0 aliphatic rings. The van der Waals surface area contributed by atoms with Gasteiger partial charge in [0.15, 0.2) is 6.61 Å². The Bertz CT molecular complexity index is 827. The van der Waals surface area contributed by atoms with E-state index in [0.29, 0.717) is 5.56 Å². The summed E-state index contributed by atoms with van der Waals surface area (Å²) >= 11 is 17.7. The van der Waals surface area contributed by atoms with Crippen LogP contribution in [0.5, 0.6) is 5.75 Å². The van der Waals surface area contributed by atoms with Crippen LogP contribution in [-0.4, -0.2) is 18.4 Å². The summed E-state index contributed by atoms with van der Waals surface area (Å²) in [5.74, 6) is -0.894. The molecule has 0 bridgehead atoms. The Morgan fingerprint density at radius 1 is 0.962 bits per heavy atom. The molecule has 2 aromatic carbocycles. The highest BCUT2D eigenvalue weighted by atomic mass is 35.5. The molecule has 7 heteroatoms. The molecule has 138 valence electrons. The van der Waals surface area contributed by atoms with Gasteiger partial charge in [0.05, 0.1) is 15.1 Å². The summed E-state index contributed by atoms with van der Waals surface area (Å²) in [5, 5.41) is 3.02. The van der Waals surface area contributed by atoms with Crippen LogP contribution in [0.4, 0.5) is 0 Å². The molecule has 2 rings (SSSR count). The van der Waals surface area contributed by atoms with Gasteiger partial charge < -0.3 is 4.74 Å². The first-order chi connectivity index (χ1) is 12.1. The van der Waals surface area contributed by atoms with Gasteiger partial charge in [-0.1, -0.05) is 67.7 Å². The summed E-state index contributed by atoms with van der Waals surface area (Å²) in [6.45, 7) is 5.86. The van der Waals surface area contributed by atoms with Crippen LogP contribution in [0.15, 0.2) is 36.4 Å². The molecular formula is C19H18Cl3NO3. The Morgan fingerprint density at radius 3 is 2.12 bits per heavy atom. The second-order valence-corrected chi connectivity index (χ2v) is 7.91. The number of imide groups is 1. The number of amides is 2. The summed E-state index contributed by atoms with van der Waals surface area (Å²) in [6.07, 6.45) is 0. The van der Waals surface area contributed by atoms with Gasteiger partial charge >= 0.3 is 0 Å². The fourth-order valence-corrected chi connectivity index (χ4v) is 2.71. The average Bonchev–Trinajstić information content (AvgIpc) is 2.56. The Kier molecular flexibility index (Phi) is 6.56. The number of carbonyl (C=O) groups excluding carboxylic acids is 2. The van der Waals surface area contributed by atoms with Gasteiger partial charge in [-0.2, -0.15) is 0 Å². The predicted molar refractivity (Wildman–Crippen MR) is 105 cm³/mol. The van der Waals surface area contributed by atoms with Gasteiger partial charge in [-0.3, -0.25) is 14.9 Å². The lowest BCUT2D eigenvalue weighted by Crippen LogP contribution is -2.34. The molecule has 0 heterocycles. The Hall–Kier alpha value is -1.75. The van der Waals surface area contributed by atoms with E-state index < -0.39 is 11.8 Å². The number of halogens is 3. The van der Waals surface area contributed by atoms with Gasteiger partial charge in [0, 0.05) is 11.6 Å². The van der Waals surface area contributed by atoms with Crippen molar-refractivity contribution in [2.24, 2.45) is 0 Å². The predicted octanol–water partition coefficient (Wildman–Crippen LogP) is 5.28. The van der Waals surface area contributed by atoms with E-state index in [1.807, 2.05) is 12.1 Å². The molecule has 2 amide bonds. The third kappa shape index (κ3) is 5.37. The van der Waals surface area contributed by atoms with Gasteiger partial charge in [-0.05, 0) is 29.2 Å². The molecule has 0 unspecified atom stereocenters. The van der Waals surface area contributed by atoms with E-state index in [4.69, 9.17) is 39.5 Å². The van der Waals surface area contributed by atoms with E-state index in [1.54, 1.807) is 12.1 Å². The van der Waals surface area contributed by atoms with Crippen molar-refractivity contribution in [2.75, 3.05) is 6.61 Å². The molecule has 0 radical (unpaired) electrons. The zero-order valence-corrected chi connectivity index (χ0v) is 16.8. The number of ether oxygens (including phenoxy) is 1. The van der Waals surface area contributed by atoms with Gasteiger partial charge in [-0.15, -0.1) is 0 Å². The lowest BCUT2D eigenvalue weighted by atomic mass is 9.87. The molecule has 0 fully saturated rings. The molecular weight excluding hydrogens is 397 g/mol. The number of rotatable bonds is 4. The van der Waals surface area contributed by atoms with Crippen LogP contribution in [0.1, 0.15) is 36.7 Å². The van der Waals surface area contributed by atoms with Gasteiger partial charge in [0.1, 0.15) is 5.75 Å². The minimum Gasteiger partial charge on any atom is -0.482 e. The Morgan fingerprint density at radius 2 is 1.54 bits per heavy atom. The maximum atomic E-state index is 12.1. The normalized spacial score (nSPS) is 11.2. The van der Waals surface area contributed by atoms with Crippen molar-refractivity contribution in [2.45, 2.75) is 26.2 Å². The zero-order valence-electron chi connectivity index (χ0n) is 14.5. The smallest absolute Gasteiger partial charge is 0.264 e. The van der Waals surface area contributed by atoms with Crippen molar-refractivity contribution in [1.29, 1.82) is 0 Å². The largest absolute Gasteiger partial charge is 0.482 e. The van der Waals surface area contributed by atoms with E-state index in [0.717, 1.165) is 5.56 Å². The molecule has 0 spiro atoms. The molecule has 1 N–H and O–H groups in total. The van der Waals surface area contributed by atoms with Crippen LogP contribution in [-0.2, 0) is 10.2 Å². The van der Waals surface area contributed by atoms with Gasteiger partial charge in [0.25, 0.3) is 11.8 Å². The van der Waals surface area contributed by atoms with Crippen molar-refractivity contribution >= 4 is 46.6 Å². The van der Waals surface area contributed by atoms with Crippen LogP contribution >= 0.6 is 34.8 Å². The second-order valence-electron chi connectivity index (χ2n) is 6.69. The number of benzene rings is 2. The highest BCUT2D eigenvalue weighted by molar-refractivity contribution is 6.43. The van der Waals surface area contributed by atoms with E-state index in [2.05, 4.69) is 26.1 Å². The molecule has 26 heavy (non-hydrogen) atoms. The third-order valence-electron chi connectivity index (χ3n) is 3.60. The van der Waals surface area contributed by atoms with E-state index in [-0.39, 0.29) is 32.8 Å². The number of hydrogen-bond donors (Lipinski definition) is 1. The zero-order chi connectivity index (χ0) is 19.5. The molecule has 0 saturated heterocycles. The van der Waals surface area contributed by atoms with Crippen molar-refractivity contribution in [3.63, 3.8) is 0 Å². The first-order valence-electron chi connectivity index (χ1n) is 7.80. The highest BCUT2D eigenvalue weighted by Crippen LogP contribution is 2.33. The van der Waals surface area contributed by atoms with Crippen molar-refractivity contribution in [3.8, 4) is 5.75 Å². The summed E-state index contributed by atoms with van der Waals surface area (Å²) in [4.78, 5) is 24.1. The fraction of sp³-hybridized carbons (Fsp3) is 0.263. The van der Waals surface area contributed by atoms with E-state index >= 15 is 0 Å². The number of nitrogens with one attached hydrogen (secondary N) is 1. The molecule has 2 aromatic rings. The molecule has 0 saturated carbocycles. The van der Waals surface area contributed by atoms with Crippen LogP contribution < -0.4 is 10.1 Å². The fourth-order valence-electron chi connectivity index (χ4n) is 2.11. The van der Waals surface area contributed by atoms with Crippen LogP contribution in [0.3, 0.4) is 0 Å². The lowest BCUT2D eigenvalue weighted by Gasteiger charge is -2.19. The van der Waals surface area contributed by atoms with E-state index in [9.17, 15) is 9.59 Å². The number of carbonyl (C=O) groups is 2. The van der Waals surface area contributed by atoms with Crippen molar-refractivity contribution in [3.05, 3.63) is 62.6 Å². The van der Waals surface area contributed by atoms with Crippen molar-refractivity contribution < 1.29 is 14.3 Å². The van der Waals surface area contributed by atoms with Gasteiger partial charge in [-0.25, -0.2) is 0 Å². The average molecular weight is 415 g/mol. The Labute approximate surface area is 167 Å². The second kappa shape index (κ2) is 8.30. The third-order valence-corrected chi connectivity index (χ3v) is 4.62. The van der Waals surface area contributed by atoms with Crippen LogP contribution in [0.25, 0.3) is 0 Å². The first kappa shape index (κ1) is 20.6. The monoisotopic (exact) mass is 413 g/mol. The topological polar surface area (TPSA) is 55.4 Å². The summed E-state index contributed by atoms with van der Waals surface area (Å²) < 4.78 is 5.30. The number of hydrogen-bond acceptors (Lipinski definition) is 3.